The van der Waals surface area contributed by atoms with Crippen molar-refractivity contribution in [3.05, 3.63) is 63.4 Å². The molecule has 1 aliphatic carbocycles. The number of benzene rings is 2. The number of aryl methyl sites for hydroxylation is 1. The summed E-state index contributed by atoms with van der Waals surface area (Å²) in [5.41, 5.74) is 4.19. The number of anilines is 1. The molecule has 5 nitrogen and oxygen atoms in total. The molecule has 4 rings (SSSR count). The lowest BCUT2D eigenvalue weighted by atomic mass is 9.86. The number of hydrogen-bond acceptors (Lipinski definition) is 6. The molecule has 7 heteroatoms. The molecule has 168 valence electrons. The zero-order chi connectivity index (χ0) is 22.5. The lowest BCUT2D eigenvalue weighted by Gasteiger charge is -2.27. The molecule has 1 fully saturated rings. The summed E-state index contributed by atoms with van der Waals surface area (Å²) in [7, 11) is 1.46. The molecule has 1 aliphatic rings. The van der Waals surface area contributed by atoms with E-state index < -0.39 is 0 Å². The summed E-state index contributed by atoms with van der Waals surface area (Å²) in [6, 6.07) is 14.7. The summed E-state index contributed by atoms with van der Waals surface area (Å²) < 4.78 is 12.1. The average Bonchev–Trinajstić information content (AvgIpc) is 3.27. The van der Waals surface area contributed by atoms with Crippen molar-refractivity contribution in [1.29, 1.82) is 0 Å². The lowest BCUT2D eigenvalue weighted by molar-refractivity contribution is -0.146. The van der Waals surface area contributed by atoms with Crippen LogP contribution in [0.2, 0.25) is 0 Å². The first-order valence-corrected chi connectivity index (χ1v) is 12.5. The quantitative estimate of drug-likeness (QED) is 0.359. The second-order valence-electron chi connectivity index (χ2n) is 8.17. The number of esters is 1. The first-order valence-electron chi connectivity index (χ1n) is 10.8. The Morgan fingerprint density at radius 3 is 2.62 bits per heavy atom. The number of hydrogen-bond donors (Lipinski definition) is 1. The molecule has 0 amide bonds. The van der Waals surface area contributed by atoms with Crippen LogP contribution in [0.1, 0.15) is 36.8 Å². The van der Waals surface area contributed by atoms with Gasteiger partial charge in [-0.2, -0.15) is 0 Å². The monoisotopic (exact) mass is 514 g/mol. The van der Waals surface area contributed by atoms with E-state index >= 15 is 0 Å². The number of ether oxygens (including phenoxy) is 2. The zero-order valence-electron chi connectivity index (χ0n) is 18.3. The summed E-state index contributed by atoms with van der Waals surface area (Å²) in [6.45, 7) is 2.58. The van der Waals surface area contributed by atoms with Gasteiger partial charge in [-0.05, 0) is 62.4 Å². The van der Waals surface area contributed by atoms with E-state index in [2.05, 4.69) is 57.8 Å². The number of methoxy groups -OCH3 is 1. The van der Waals surface area contributed by atoms with Crippen molar-refractivity contribution in [1.82, 2.24) is 4.98 Å². The number of nitrogens with zero attached hydrogens (tertiary/aromatic N) is 1. The SMILES string of the molecule is COC(=O)C1CCC(Nc2nc(-c3cc(C)ccc3OCc3ccc(Br)cc3)cs2)CC1. The fourth-order valence-electron chi connectivity index (χ4n) is 3.99. The van der Waals surface area contributed by atoms with E-state index in [9.17, 15) is 4.79 Å². The van der Waals surface area contributed by atoms with Gasteiger partial charge in [0, 0.05) is 21.5 Å². The summed E-state index contributed by atoms with van der Waals surface area (Å²) in [6.07, 6.45) is 3.60. The van der Waals surface area contributed by atoms with Gasteiger partial charge in [0.15, 0.2) is 5.13 Å². The highest BCUT2D eigenvalue weighted by Gasteiger charge is 2.27. The number of rotatable bonds is 7. The maximum Gasteiger partial charge on any atom is 0.308 e. The van der Waals surface area contributed by atoms with Crippen molar-refractivity contribution in [2.45, 2.75) is 45.3 Å². The van der Waals surface area contributed by atoms with E-state index in [1.807, 2.05) is 18.2 Å². The molecule has 0 aliphatic heterocycles. The molecule has 0 bridgehead atoms. The number of carbonyl (C=O) groups is 1. The highest BCUT2D eigenvalue weighted by molar-refractivity contribution is 9.10. The Balaban J connectivity index is 1.42. The maximum atomic E-state index is 11.7. The zero-order valence-corrected chi connectivity index (χ0v) is 20.7. The molecule has 1 N–H and O–H groups in total. The lowest BCUT2D eigenvalue weighted by Crippen LogP contribution is -2.29. The molecule has 0 saturated heterocycles. The van der Waals surface area contributed by atoms with Gasteiger partial charge < -0.3 is 14.8 Å². The first kappa shape index (κ1) is 22.8. The predicted molar refractivity (Wildman–Crippen MR) is 132 cm³/mol. The largest absolute Gasteiger partial charge is 0.488 e. The van der Waals surface area contributed by atoms with Crippen LogP contribution in [0.5, 0.6) is 5.75 Å². The fourth-order valence-corrected chi connectivity index (χ4v) is 5.04. The highest BCUT2D eigenvalue weighted by atomic mass is 79.9. The van der Waals surface area contributed by atoms with Gasteiger partial charge in [0.05, 0.1) is 18.7 Å². The number of aromatic nitrogens is 1. The number of carbonyl (C=O) groups excluding carboxylic acids is 1. The van der Waals surface area contributed by atoms with Gasteiger partial charge in [-0.3, -0.25) is 4.79 Å². The van der Waals surface area contributed by atoms with Crippen molar-refractivity contribution < 1.29 is 14.3 Å². The van der Waals surface area contributed by atoms with Crippen LogP contribution in [-0.4, -0.2) is 24.1 Å². The summed E-state index contributed by atoms with van der Waals surface area (Å²) >= 11 is 5.07. The van der Waals surface area contributed by atoms with E-state index in [1.54, 1.807) is 11.3 Å². The molecule has 0 radical (unpaired) electrons. The van der Waals surface area contributed by atoms with Gasteiger partial charge in [0.25, 0.3) is 0 Å². The summed E-state index contributed by atoms with van der Waals surface area (Å²) in [5, 5.41) is 6.53. The van der Waals surface area contributed by atoms with Gasteiger partial charge >= 0.3 is 5.97 Å². The Kier molecular flexibility index (Phi) is 7.48. The molecule has 1 heterocycles. The van der Waals surface area contributed by atoms with Crippen LogP contribution in [0.25, 0.3) is 11.3 Å². The first-order chi connectivity index (χ1) is 15.5. The molecule has 1 aromatic heterocycles. The molecular formula is C25H27BrN2O3S. The van der Waals surface area contributed by atoms with Gasteiger partial charge in [0.1, 0.15) is 12.4 Å². The van der Waals surface area contributed by atoms with E-state index in [4.69, 9.17) is 14.5 Å². The highest BCUT2D eigenvalue weighted by Crippen LogP contribution is 2.35. The van der Waals surface area contributed by atoms with Crippen molar-refractivity contribution in [3.63, 3.8) is 0 Å². The Labute approximate surface area is 201 Å². The smallest absolute Gasteiger partial charge is 0.308 e. The Bertz CT molecular complexity index is 1060. The molecule has 0 spiro atoms. The molecule has 3 aromatic rings. The van der Waals surface area contributed by atoms with Crippen LogP contribution >= 0.6 is 27.3 Å². The van der Waals surface area contributed by atoms with Gasteiger partial charge in [-0.25, -0.2) is 4.98 Å². The summed E-state index contributed by atoms with van der Waals surface area (Å²) in [5.74, 6) is 0.770. The van der Waals surface area contributed by atoms with Gasteiger partial charge in [-0.15, -0.1) is 11.3 Å². The van der Waals surface area contributed by atoms with Crippen molar-refractivity contribution in [2.24, 2.45) is 5.92 Å². The number of halogens is 1. The van der Waals surface area contributed by atoms with Crippen LogP contribution in [0.15, 0.2) is 52.3 Å². The van der Waals surface area contributed by atoms with Crippen molar-refractivity contribution in [3.8, 4) is 17.0 Å². The molecule has 0 unspecified atom stereocenters. The maximum absolute atomic E-state index is 11.7. The van der Waals surface area contributed by atoms with Crippen LogP contribution < -0.4 is 10.1 Å². The second-order valence-corrected chi connectivity index (χ2v) is 9.94. The Morgan fingerprint density at radius 1 is 1.16 bits per heavy atom. The summed E-state index contributed by atoms with van der Waals surface area (Å²) in [4.78, 5) is 16.6. The molecule has 2 aromatic carbocycles. The van der Waals surface area contributed by atoms with Crippen LogP contribution in [0.3, 0.4) is 0 Å². The van der Waals surface area contributed by atoms with Crippen LogP contribution in [-0.2, 0) is 16.1 Å². The topological polar surface area (TPSA) is 60.5 Å². The molecule has 32 heavy (non-hydrogen) atoms. The Hall–Kier alpha value is -2.38. The Morgan fingerprint density at radius 2 is 1.91 bits per heavy atom. The van der Waals surface area contributed by atoms with Crippen LogP contribution in [0, 0.1) is 12.8 Å². The van der Waals surface area contributed by atoms with Crippen molar-refractivity contribution in [2.75, 3.05) is 12.4 Å². The van der Waals surface area contributed by atoms with Crippen LogP contribution in [0.4, 0.5) is 5.13 Å². The van der Waals surface area contributed by atoms with E-state index in [-0.39, 0.29) is 11.9 Å². The fraction of sp³-hybridized carbons (Fsp3) is 0.360. The molecule has 0 atom stereocenters. The third kappa shape index (κ3) is 5.70. The van der Waals surface area contributed by atoms with Gasteiger partial charge in [-0.1, -0.05) is 39.7 Å². The third-order valence-corrected chi connectivity index (χ3v) is 7.11. The predicted octanol–water partition coefficient (Wildman–Crippen LogP) is 6.60. The minimum absolute atomic E-state index is 0.0302. The van der Waals surface area contributed by atoms with E-state index in [1.165, 1.54) is 12.7 Å². The van der Waals surface area contributed by atoms with Gasteiger partial charge in [0.2, 0.25) is 0 Å². The normalized spacial score (nSPS) is 18.2. The third-order valence-electron chi connectivity index (χ3n) is 5.81. The second kappa shape index (κ2) is 10.5. The number of nitrogens with one attached hydrogen (secondary N) is 1. The van der Waals surface area contributed by atoms with E-state index in [0.717, 1.165) is 57.9 Å². The molecule has 1 saturated carbocycles. The van der Waals surface area contributed by atoms with Crippen molar-refractivity contribution >= 4 is 38.4 Å². The minimum Gasteiger partial charge on any atom is -0.488 e. The van der Waals surface area contributed by atoms with E-state index in [0.29, 0.717) is 12.6 Å². The number of thiazole rings is 1. The average molecular weight is 515 g/mol. The standard InChI is InChI=1S/C25H27BrN2O3S/c1-16-3-12-23(31-14-17-4-8-19(26)9-5-17)21(13-16)22-15-32-25(28-22)27-20-10-6-18(7-11-20)24(29)30-2/h3-5,8-9,12-13,15,18,20H,6-7,10-11,14H2,1-2H3,(H,27,28). The molecular weight excluding hydrogens is 488 g/mol. The minimum atomic E-state index is -0.0879.